The van der Waals surface area contributed by atoms with Crippen LogP contribution in [0.1, 0.15) is 78.6 Å². The number of aliphatic hydroxyl groups is 2. The van der Waals surface area contributed by atoms with Gasteiger partial charge in [0.1, 0.15) is 0 Å². The molecular weight excluding hydrogens is 328 g/mol. The second-order valence-corrected chi connectivity index (χ2v) is 8.15. The van der Waals surface area contributed by atoms with Crippen molar-refractivity contribution in [3.8, 4) is 0 Å². The summed E-state index contributed by atoms with van der Waals surface area (Å²) in [6.07, 6.45) is 17.9. The van der Waals surface area contributed by atoms with Gasteiger partial charge in [0.15, 0.2) is 5.79 Å². The van der Waals surface area contributed by atoms with Crippen LogP contribution in [0.4, 0.5) is 0 Å². The third-order valence-corrected chi connectivity index (χ3v) is 5.21. The molecule has 4 heteroatoms. The molecule has 0 aromatic rings. The molecule has 150 valence electrons. The lowest BCUT2D eigenvalue weighted by Crippen LogP contribution is -2.27. The molecule has 0 saturated carbocycles. The summed E-state index contributed by atoms with van der Waals surface area (Å²) in [6.45, 7) is 4.98. The van der Waals surface area contributed by atoms with Gasteiger partial charge in [0.25, 0.3) is 0 Å². The number of carbonyl (C=O) groups excluding carboxylic acids is 1. The maximum absolute atomic E-state index is 11.1. The van der Waals surface area contributed by atoms with Gasteiger partial charge in [-0.1, -0.05) is 44.4 Å². The molecule has 0 saturated heterocycles. The number of ether oxygens (including phenoxy) is 1. The minimum Gasteiger partial charge on any atom is -0.469 e. The fourth-order valence-electron chi connectivity index (χ4n) is 3.92. The predicted molar refractivity (Wildman–Crippen MR) is 105 cm³/mol. The van der Waals surface area contributed by atoms with Crippen molar-refractivity contribution in [3.05, 3.63) is 23.8 Å². The normalized spacial score (nSPS) is 24.8. The average Bonchev–Trinajstić information content (AvgIpc) is 2.57. The Labute approximate surface area is 159 Å². The average molecular weight is 367 g/mol. The molecular formula is C22H38O4. The van der Waals surface area contributed by atoms with Crippen LogP contribution >= 0.6 is 0 Å². The van der Waals surface area contributed by atoms with Crippen LogP contribution in [0.2, 0.25) is 0 Å². The zero-order valence-electron chi connectivity index (χ0n) is 17.0. The van der Waals surface area contributed by atoms with Gasteiger partial charge in [-0.05, 0) is 69.3 Å². The number of rotatable bonds is 7. The van der Waals surface area contributed by atoms with E-state index in [1.807, 2.05) is 0 Å². The van der Waals surface area contributed by atoms with Gasteiger partial charge >= 0.3 is 5.97 Å². The SMILES string of the molecule is CC(C)(O)O.COC(=O)CCCCCC[C@H]1C(C)C=CC2=CCCCC21. The van der Waals surface area contributed by atoms with Crippen LogP contribution in [-0.2, 0) is 9.53 Å². The van der Waals surface area contributed by atoms with E-state index in [-0.39, 0.29) is 5.97 Å². The van der Waals surface area contributed by atoms with Gasteiger partial charge in [-0.15, -0.1) is 0 Å². The summed E-state index contributed by atoms with van der Waals surface area (Å²) in [5.74, 6) is 0.800. The molecule has 2 aliphatic rings. The number of esters is 1. The number of methoxy groups -OCH3 is 1. The second-order valence-electron chi connectivity index (χ2n) is 8.15. The third-order valence-electron chi connectivity index (χ3n) is 5.21. The standard InChI is InChI=1S/C19H30O2.C3H8O2/c1-15-13-14-16-9-7-8-11-18(16)17(15)10-5-3-4-6-12-19(20)21-2;1-3(2,4)5/h9,13-15,17-18H,3-8,10-12H2,1-2H3;4-5H,1-2H3/t15?,17-,18?;/m0./s1. The third kappa shape index (κ3) is 9.54. The number of allylic oxidation sites excluding steroid dienone is 4. The fourth-order valence-corrected chi connectivity index (χ4v) is 3.92. The molecule has 0 aromatic carbocycles. The lowest BCUT2D eigenvalue weighted by molar-refractivity contribution is -0.140. The van der Waals surface area contributed by atoms with Gasteiger partial charge in [0, 0.05) is 6.42 Å². The van der Waals surface area contributed by atoms with Crippen LogP contribution < -0.4 is 0 Å². The van der Waals surface area contributed by atoms with Crippen LogP contribution in [0.25, 0.3) is 0 Å². The fraction of sp³-hybridized carbons (Fsp3) is 0.773. The van der Waals surface area contributed by atoms with Gasteiger partial charge < -0.3 is 14.9 Å². The highest BCUT2D eigenvalue weighted by molar-refractivity contribution is 5.68. The summed E-state index contributed by atoms with van der Waals surface area (Å²) in [4.78, 5) is 11.1. The van der Waals surface area contributed by atoms with Crippen molar-refractivity contribution >= 4 is 5.97 Å². The summed E-state index contributed by atoms with van der Waals surface area (Å²) >= 11 is 0. The first-order chi connectivity index (χ1) is 12.2. The Hall–Kier alpha value is -1.13. The Morgan fingerprint density at radius 1 is 1.23 bits per heavy atom. The lowest BCUT2D eigenvalue weighted by Gasteiger charge is -2.37. The second kappa shape index (κ2) is 11.6. The molecule has 2 N–H and O–H groups in total. The summed E-state index contributed by atoms with van der Waals surface area (Å²) in [6, 6.07) is 0. The number of hydrogen-bond donors (Lipinski definition) is 2. The topological polar surface area (TPSA) is 66.8 Å². The van der Waals surface area contributed by atoms with Crippen molar-refractivity contribution in [2.45, 2.75) is 84.3 Å². The van der Waals surface area contributed by atoms with Crippen molar-refractivity contribution in [2.24, 2.45) is 17.8 Å². The van der Waals surface area contributed by atoms with Gasteiger partial charge in [-0.25, -0.2) is 0 Å². The van der Waals surface area contributed by atoms with E-state index in [1.165, 1.54) is 59.5 Å². The van der Waals surface area contributed by atoms with Crippen molar-refractivity contribution in [3.63, 3.8) is 0 Å². The van der Waals surface area contributed by atoms with E-state index in [4.69, 9.17) is 10.2 Å². The molecule has 0 aromatic heterocycles. The minimum atomic E-state index is -1.50. The number of fused-ring (bicyclic) bond motifs is 1. The van der Waals surface area contributed by atoms with Crippen molar-refractivity contribution in [1.29, 1.82) is 0 Å². The minimum absolute atomic E-state index is 0.0713. The highest BCUT2D eigenvalue weighted by atomic mass is 16.5. The summed E-state index contributed by atoms with van der Waals surface area (Å²) < 4.78 is 4.67. The first-order valence-corrected chi connectivity index (χ1v) is 10.1. The lowest BCUT2D eigenvalue weighted by atomic mass is 9.68. The van der Waals surface area contributed by atoms with Crippen LogP contribution in [-0.4, -0.2) is 29.1 Å². The Bertz CT molecular complexity index is 467. The Balaban J connectivity index is 0.000000597. The van der Waals surface area contributed by atoms with Crippen LogP contribution in [0.3, 0.4) is 0 Å². The number of hydrogen-bond acceptors (Lipinski definition) is 4. The van der Waals surface area contributed by atoms with Crippen LogP contribution in [0.5, 0.6) is 0 Å². The van der Waals surface area contributed by atoms with E-state index in [9.17, 15) is 4.79 Å². The Morgan fingerprint density at radius 3 is 2.54 bits per heavy atom. The van der Waals surface area contributed by atoms with Gasteiger partial charge in [-0.2, -0.15) is 0 Å². The molecule has 2 aliphatic carbocycles. The first kappa shape index (κ1) is 22.9. The molecule has 2 rings (SSSR count). The van der Waals surface area contributed by atoms with E-state index in [2.05, 4.69) is 29.9 Å². The van der Waals surface area contributed by atoms with Gasteiger partial charge in [0.05, 0.1) is 7.11 Å². The molecule has 3 atom stereocenters. The summed E-state index contributed by atoms with van der Waals surface area (Å²) in [7, 11) is 1.47. The monoisotopic (exact) mass is 366 g/mol. The molecule has 0 spiro atoms. The largest absolute Gasteiger partial charge is 0.469 e. The zero-order valence-corrected chi connectivity index (χ0v) is 17.0. The molecule has 4 nitrogen and oxygen atoms in total. The van der Waals surface area contributed by atoms with E-state index < -0.39 is 5.79 Å². The molecule has 26 heavy (non-hydrogen) atoms. The van der Waals surface area contributed by atoms with Gasteiger partial charge in [-0.3, -0.25) is 4.79 Å². The smallest absolute Gasteiger partial charge is 0.305 e. The van der Waals surface area contributed by atoms with E-state index in [0.29, 0.717) is 6.42 Å². The van der Waals surface area contributed by atoms with E-state index in [0.717, 1.165) is 30.6 Å². The maximum atomic E-state index is 11.1. The van der Waals surface area contributed by atoms with Crippen LogP contribution in [0, 0.1) is 17.8 Å². The van der Waals surface area contributed by atoms with E-state index >= 15 is 0 Å². The molecule has 0 fully saturated rings. The highest BCUT2D eigenvalue weighted by Crippen LogP contribution is 2.42. The van der Waals surface area contributed by atoms with E-state index in [1.54, 1.807) is 5.57 Å². The summed E-state index contributed by atoms with van der Waals surface area (Å²) in [5, 5.41) is 16.2. The predicted octanol–water partition coefficient (Wildman–Crippen LogP) is 4.76. The first-order valence-electron chi connectivity index (χ1n) is 10.1. The highest BCUT2D eigenvalue weighted by Gasteiger charge is 2.31. The van der Waals surface area contributed by atoms with Crippen molar-refractivity contribution < 1.29 is 19.7 Å². The molecule has 0 bridgehead atoms. The maximum Gasteiger partial charge on any atom is 0.305 e. The van der Waals surface area contributed by atoms with Gasteiger partial charge in [0.2, 0.25) is 0 Å². The number of carbonyl (C=O) groups is 1. The molecule has 0 aliphatic heterocycles. The van der Waals surface area contributed by atoms with Crippen LogP contribution in [0.15, 0.2) is 23.8 Å². The molecule has 0 heterocycles. The zero-order chi connectivity index (χ0) is 19.6. The Morgan fingerprint density at radius 2 is 1.88 bits per heavy atom. The quantitative estimate of drug-likeness (QED) is 0.387. The number of unbranched alkanes of at least 4 members (excludes halogenated alkanes) is 3. The molecule has 2 unspecified atom stereocenters. The molecule has 0 amide bonds. The summed E-state index contributed by atoms with van der Waals surface area (Å²) in [5.41, 5.74) is 1.61. The molecule has 0 radical (unpaired) electrons. The Kier molecular flexibility index (Phi) is 10.2. The van der Waals surface area contributed by atoms with Crippen molar-refractivity contribution in [1.82, 2.24) is 0 Å². The van der Waals surface area contributed by atoms with Crippen molar-refractivity contribution in [2.75, 3.05) is 7.11 Å².